The summed E-state index contributed by atoms with van der Waals surface area (Å²) in [5, 5.41) is 28.8. The highest BCUT2D eigenvalue weighted by molar-refractivity contribution is 7.86. The van der Waals surface area contributed by atoms with Crippen LogP contribution in [0, 0.1) is 11.6 Å². The Bertz CT molecular complexity index is 1540. The number of fused-ring (bicyclic) bond motifs is 3. The SMILES string of the molecule is NS(=O)(=O)N1CCC(Nc2n[nH]c3c2nc(-c2c(F)cccc2F)c2cc(/C=N/O)ccc23)CC1. The van der Waals surface area contributed by atoms with E-state index in [1.165, 1.54) is 16.6 Å². The number of anilines is 1. The predicted octanol–water partition coefficient (Wildman–Crippen LogP) is 2.94. The molecule has 1 aliphatic rings. The molecule has 3 heterocycles. The summed E-state index contributed by atoms with van der Waals surface area (Å²) in [5.41, 5.74) is 1.24. The van der Waals surface area contributed by atoms with E-state index in [0.717, 1.165) is 12.1 Å². The van der Waals surface area contributed by atoms with E-state index in [1.54, 1.807) is 18.2 Å². The molecule has 0 atom stereocenters. The van der Waals surface area contributed by atoms with Crippen molar-refractivity contribution >= 4 is 44.0 Å². The molecule has 10 nitrogen and oxygen atoms in total. The van der Waals surface area contributed by atoms with Crippen LogP contribution in [0.2, 0.25) is 0 Å². The van der Waals surface area contributed by atoms with Gasteiger partial charge in [-0.15, -0.1) is 0 Å². The Balaban J connectivity index is 1.62. The number of aromatic amines is 1. The fourth-order valence-electron chi connectivity index (χ4n) is 4.39. The topological polar surface area (TPSA) is 150 Å². The van der Waals surface area contributed by atoms with Crippen LogP contribution in [0.25, 0.3) is 33.1 Å². The standard InChI is InChI=1S/C22H21F2N7O3S/c23-16-2-1-3-17(24)18(16)19-15-10-12(11-26-32)4-5-14(15)20-21(28-19)22(30-29-20)27-13-6-8-31(9-7-13)35(25,33)34/h1-5,10-11,13,32H,6-9H2,(H2,25,33,34)(H2,27,29,30)/b26-11+. The summed E-state index contributed by atoms with van der Waals surface area (Å²) < 4.78 is 54.0. The van der Waals surface area contributed by atoms with Gasteiger partial charge >= 0.3 is 0 Å². The molecule has 0 aliphatic carbocycles. The van der Waals surface area contributed by atoms with Crippen LogP contribution in [-0.4, -0.2) is 58.5 Å². The van der Waals surface area contributed by atoms with E-state index >= 15 is 0 Å². The number of H-pyrrole nitrogens is 1. The van der Waals surface area contributed by atoms with Gasteiger partial charge in [0.05, 0.1) is 23.0 Å². The second kappa shape index (κ2) is 8.83. The molecule has 0 saturated carbocycles. The number of piperidine rings is 1. The average Bonchev–Trinajstić information content (AvgIpc) is 3.21. The highest BCUT2D eigenvalue weighted by Gasteiger charge is 2.27. The molecule has 2 aromatic carbocycles. The number of hydrogen-bond acceptors (Lipinski definition) is 7. The monoisotopic (exact) mass is 501 g/mol. The smallest absolute Gasteiger partial charge is 0.276 e. The normalized spacial score (nSPS) is 16.0. The van der Waals surface area contributed by atoms with Gasteiger partial charge in [0, 0.05) is 29.9 Å². The molecule has 1 fully saturated rings. The lowest BCUT2D eigenvalue weighted by Gasteiger charge is -2.30. The number of hydrogen-bond donors (Lipinski definition) is 4. The zero-order valence-corrected chi connectivity index (χ0v) is 19.1. The van der Waals surface area contributed by atoms with E-state index in [1.807, 2.05) is 0 Å². The highest BCUT2D eigenvalue weighted by Crippen LogP contribution is 2.36. The number of pyridine rings is 1. The van der Waals surface area contributed by atoms with Gasteiger partial charge in [0.2, 0.25) is 0 Å². The lowest BCUT2D eigenvalue weighted by atomic mass is 10.00. The fraction of sp³-hybridized carbons (Fsp3) is 0.227. The molecule has 5 N–H and O–H groups in total. The van der Waals surface area contributed by atoms with Crippen LogP contribution in [-0.2, 0) is 10.2 Å². The van der Waals surface area contributed by atoms with E-state index in [9.17, 15) is 17.2 Å². The predicted molar refractivity (Wildman–Crippen MR) is 127 cm³/mol. The average molecular weight is 502 g/mol. The largest absolute Gasteiger partial charge is 0.411 e. The number of nitrogens with zero attached hydrogens (tertiary/aromatic N) is 4. The Morgan fingerprint density at radius 1 is 1.17 bits per heavy atom. The third-order valence-corrected chi connectivity index (χ3v) is 7.18. The summed E-state index contributed by atoms with van der Waals surface area (Å²) in [6.07, 6.45) is 2.20. The molecule has 182 valence electrons. The van der Waals surface area contributed by atoms with Crippen molar-refractivity contribution in [1.82, 2.24) is 19.5 Å². The minimum atomic E-state index is -3.75. The van der Waals surface area contributed by atoms with Crippen molar-refractivity contribution in [3.63, 3.8) is 0 Å². The summed E-state index contributed by atoms with van der Waals surface area (Å²) in [6, 6.07) is 8.53. The number of nitrogens with two attached hydrogens (primary N) is 1. The minimum absolute atomic E-state index is 0.0739. The summed E-state index contributed by atoms with van der Waals surface area (Å²) in [6.45, 7) is 0.520. The maximum atomic E-state index is 14.8. The maximum absolute atomic E-state index is 14.8. The molecule has 4 aromatic rings. The van der Waals surface area contributed by atoms with Gasteiger partial charge in [-0.3, -0.25) is 5.10 Å². The molecule has 1 aliphatic heterocycles. The van der Waals surface area contributed by atoms with Gasteiger partial charge < -0.3 is 10.5 Å². The molecule has 35 heavy (non-hydrogen) atoms. The molecule has 1 saturated heterocycles. The lowest BCUT2D eigenvalue weighted by Crippen LogP contribution is -2.45. The third kappa shape index (κ3) is 4.29. The molecule has 2 aromatic heterocycles. The first-order chi connectivity index (χ1) is 16.8. The minimum Gasteiger partial charge on any atom is -0.411 e. The first-order valence-electron chi connectivity index (χ1n) is 10.7. The third-order valence-electron chi connectivity index (χ3n) is 6.09. The van der Waals surface area contributed by atoms with Crippen molar-refractivity contribution in [3.8, 4) is 11.3 Å². The molecular weight excluding hydrogens is 480 g/mol. The quantitative estimate of drug-likeness (QED) is 0.188. The van der Waals surface area contributed by atoms with Crippen LogP contribution in [0.15, 0.2) is 41.6 Å². The van der Waals surface area contributed by atoms with Gasteiger partial charge in [0.1, 0.15) is 17.2 Å². The van der Waals surface area contributed by atoms with Crippen LogP contribution in [0.5, 0.6) is 0 Å². The molecule has 0 unspecified atom stereocenters. The molecule has 0 radical (unpaired) electrons. The van der Waals surface area contributed by atoms with Gasteiger partial charge in [-0.05, 0) is 36.6 Å². The summed E-state index contributed by atoms with van der Waals surface area (Å²) in [4.78, 5) is 4.61. The van der Waals surface area contributed by atoms with Crippen LogP contribution in [0.1, 0.15) is 18.4 Å². The van der Waals surface area contributed by atoms with Crippen LogP contribution >= 0.6 is 0 Å². The van der Waals surface area contributed by atoms with E-state index < -0.39 is 21.8 Å². The molecular formula is C22H21F2N7O3S. The van der Waals surface area contributed by atoms with E-state index in [0.29, 0.717) is 46.0 Å². The van der Waals surface area contributed by atoms with Crippen molar-refractivity contribution in [2.75, 3.05) is 18.4 Å². The molecule has 0 amide bonds. The summed E-state index contributed by atoms with van der Waals surface area (Å²) >= 11 is 0. The first kappa shape index (κ1) is 23.1. The number of oxime groups is 1. The number of rotatable bonds is 5. The van der Waals surface area contributed by atoms with Crippen molar-refractivity contribution in [3.05, 3.63) is 53.6 Å². The Hall–Kier alpha value is -3.68. The zero-order valence-electron chi connectivity index (χ0n) is 18.2. The fourth-order valence-corrected chi connectivity index (χ4v) is 5.11. The number of nitrogens with one attached hydrogen (secondary N) is 2. The van der Waals surface area contributed by atoms with E-state index in [2.05, 4.69) is 25.7 Å². The zero-order chi connectivity index (χ0) is 24.7. The summed E-state index contributed by atoms with van der Waals surface area (Å²) in [7, 11) is -3.75. The Morgan fingerprint density at radius 2 is 1.89 bits per heavy atom. The van der Waals surface area contributed by atoms with Crippen molar-refractivity contribution < 1.29 is 22.4 Å². The maximum Gasteiger partial charge on any atom is 0.276 e. The van der Waals surface area contributed by atoms with Gasteiger partial charge in [-0.25, -0.2) is 18.9 Å². The first-order valence-corrected chi connectivity index (χ1v) is 12.2. The Kier molecular flexibility index (Phi) is 5.83. The molecule has 13 heteroatoms. The lowest BCUT2D eigenvalue weighted by molar-refractivity contribution is 0.322. The summed E-state index contributed by atoms with van der Waals surface area (Å²) in [5.74, 6) is -1.16. The van der Waals surface area contributed by atoms with Crippen molar-refractivity contribution in [1.29, 1.82) is 0 Å². The van der Waals surface area contributed by atoms with Crippen molar-refractivity contribution in [2.45, 2.75) is 18.9 Å². The highest BCUT2D eigenvalue weighted by atomic mass is 32.2. The van der Waals surface area contributed by atoms with Gasteiger partial charge in [-0.1, -0.05) is 23.4 Å². The second-order valence-electron chi connectivity index (χ2n) is 8.27. The van der Waals surface area contributed by atoms with Gasteiger partial charge in [0.15, 0.2) is 5.82 Å². The van der Waals surface area contributed by atoms with Gasteiger partial charge in [0.25, 0.3) is 10.2 Å². The van der Waals surface area contributed by atoms with Crippen molar-refractivity contribution in [2.24, 2.45) is 10.3 Å². The Labute approximate surface area is 198 Å². The molecule has 5 rings (SSSR count). The molecule has 0 spiro atoms. The number of aromatic nitrogens is 3. The van der Waals surface area contributed by atoms with Crippen LogP contribution in [0.3, 0.4) is 0 Å². The van der Waals surface area contributed by atoms with Crippen LogP contribution < -0.4 is 10.5 Å². The van der Waals surface area contributed by atoms with Crippen LogP contribution in [0.4, 0.5) is 14.6 Å². The van der Waals surface area contributed by atoms with E-state index in [-0.39, 0.29) is 30.4 Å². The molecule has 0 bridgehead atoms. The second-order valence-corrected chi connectivity index (χ2v) is 9.81. The number of benzene rings is 2. The Morgan fingerprint density at radius 3 is 2.54 bits per heavy atom. The van der Waals surface area contributed by atoms with E-state index in [4.69, 9.17) is 10.3 Å². The number of halogens is 2. The van der Waals surface area contributed by atoms with Gasteiger partial charge in [-0.2, -0.15) is 17.8 Å².